The Kier molecular flexibility index (Phi) is 2.49. The molecule has 0 unspecified atom stereocenters. The summed E-state index contributed by atoms with van der Waals surface area (Å²) >= 11 is 0. The molecule has 0 fully saturated rings. The first-order valence-electron chi connectivity index (χ1n) is 3.28. The summed E-state index contributed by atoms with van der Waals surface area (Å²) in [6.45, 7) is 6.86. The van der Waals surface area contributed by atoms with E-state index >= 15 is 0 Å². The Morgan fingerprint density at radius 3 is 2.67 bits per heavy atom. The molecule has 1 aromatic rings. The van der Waals surface area contributed by atoms with Crippen molar-refractivity contribution in [1.29, 1.82) is 0 Å². The molecule has 0 spiro atoms. The minimum Gasteiger partial charge on any atom is -0.508 e. The van der Waals surface area contributed by atoms with Gasteiger partial charge in [0.1, 0.15) is 5.75 Å². The highest BCUT2D eigenvalue weighted by atomic mass is 16.5. The number of aromatic nitrogens is 1. The number of rotatable bonds is 2. The minimum absolute atomic E-state index is 0.296. The Morgan fingerprint density at radius 2 is 2.17 bits per heavy atom. The van der Waals surface area contributed by atoms with Crippen LogP contribution in [0.2, 0.25) is 0 Å². The Hall–Kier alpha value is -1.76. The smallest absolute Gasteiger partial charge is 0.287 e. The number of ether oxygens (including phenoxy) is 2. The molecule has 62 valence electrons. The Morgan fingerprint density at radius 1 is 1.42 bits per heavy atom. The van der Waals surface area contributed by atoms with Crippen LogP contribution in [0.3, 0.4) is 0 Å². The molecule has 0 aliphatic carbocycles. The second-order valence-electron chi connectivity index (χ2n) is 1.98. The maximum atomic E-state index is 6.86. The molecule has 1 rings (SSSR count). The highest BCUT2D eigenvalue weighted by molar-refractivity contribution is 5.63. The van der Waals surface area contributed by atoms with Crippen molar-refractivity contribution in [2.45, 2.75) is 0 Å². The fourth-order valence-corrected chi connectivity index (χ4v) is 0.835. The fourth-order valence-electron chi connectivity index (χ4n) is 0.835. The van der Waals surface area contributed by atoms with Gasteiger partial charge < -0.3 is 9.47 Å². The lowest BCUT2D eigenvalue weighted by molar-refractivity contribution is 0.387. The second-order valence-corrected chi connectivity index (χ2v) is 1.98. The van der Waals surface area contributed by atoms with Gasteiger partial charge in [0, 0.05) is 6.20 Å². The summed E-state index contributed by atoms with van der Waals surface area (Å²) in [4.78, 5) is 7.11. The Balaban J connectivity index is 3.25. The first kappa shape index (κ1) is 8.34. The molecule has 4 heteroatoms. The first-order valence-corrected chi connectivity index (χ1v) is 3.28. The van der Waals surface area contributed by atoms with Crippen LogP contribution in [-0.4, -0.2) is 19.2 Å². The number of methoxy groups -OCH3 is 2. The topological polar surface area (TPSA) is 35.7 Å². The van der Waals surface area contributed by atoms with Crippen molar-refractivity contribution in [3.63, 3.8) is 0 Å². The molecule has 12 heavy (non-hydrogen) atoms. The summed E-state index contributed by atoms with van der Waals surface area (Å²) in [6.07, 6.45) is 1.53. The quantitative estimate of drug-likeness (QED) is 0.623. The van der Waals surface area contributed by atoms with Crippen LogP contribution in [0.4, 0.5) is 5.69 Å². The van der Waals surface area contributed by atoms with Crippen molar-refractivity contribution < 1.29 is 9.47 Å². The van der Waals surface area contributed by atoms with Crippen LogP contribution in [-0.2, 0) is 0 Å². The molecular formula is C8H8N2O2. The average Bonchev–Trinajstić information content (AvgIpc) is 2.16. The molecule has 0 N–H and O–H groups in total. The van der Waals surface area contributed by atoms with Crippen LogP contribution < -0.4 is 9.47 Å². The van der Waals surface area contributed by atoms with Crippen molar-refractivity contribution in [1.82, 2.24) is 4.98 Å². The fraction of sp³-hybridized carbons (Fsp3) is 0.250. The van der Waals surface area contributed by atoms with Gasteiger partial charge in [-0.05, 0) is 6.07 Å². The maximum Gasteiger partial charge on any atom is 0.287 e. The van der Waals surface area contributed by atoms with Gasteiger partial charge in [-0.3, -0.25) is 0 Å². The van der Waals surface area contributed by atoms with Gasteiger partial charge in [0.05, 0.1) is 20.8 Å². The first-order chi connectivity index (χ1) is 5.83. The lowest BCUT2D eigenvalue weighted by atomic mass is 10.4. The maximum absolute atomic E-state index is 6.86. The summed E-state index contributed by atoms with van der Waals surface area (Å²) in [7, 11) is 2.97. The van der Waals surface area contributed by atoms with Crippen molar-refractivity contribution in [2.24, 2.45) is 0 Å². The molecule has 0 amide bonds. The highest BCUT2D eigenvalue weighted by Crippen LogP contribution is 2.34. The summed E-state index contributed by atoms with van der Waals surface area (Å²) < 4.78 is 9.82. The summed E-state index contributed by atoms with van der Waals surface area (Å²) in [5, 5.41) is 0. The highest BCUT2D eigenvalue weighted by Gasteiger charge is 2.09. The van der Waals surface area contributed by atoms with Gasteiger partial charge >= 0.3 is 0 Å². The third-order valence-corrected chi connectivity index (χ3v) is 1.38. The van der Waals surface area contributed by atoms with Crippen molar-refractivity contribution in [3.05, 3.63) is 23.7 Å². The van der Waals surface area contributed by atoms with Crippen LogP contribution >= 0.6 is 0 Å². The van der Waals surface area contributed by atoms with Gasteiger partial charge in [-0.1, -0.05) is 0 Å². The Labute approximate surface area is 70.6 Å². The van der Waals surface area contributed by atoms with Gasteiger partial charge in [-0.2, -0.15) is 0 Å². The van der Waals surface area contributed by atoms with E-state index in [4.69, 9.17) is 16.0 Å². The van der Waals surface area contributed by atoms with Crippen molar-refractivity contribution in [3.8, 4) is 11.6 Å². The molecule has 1 heterocycles. The molecular weight excluding hydrogens is 156 g/mol. The van der Waals surface area contributed by atoms with E-state index in [0.717, 1.165) is 0 Å². The van der Waals surface area contributed by atoms with Crippen LogP contribution in [0.15, 0.2) is 12.3 Å². The predicted molar refractivity (Wildman–Crippen MR) is 43.6 cm³/mol. The van der Waals surface area contributed by atoms with E-state index in [1.807, 2.05) is 0 Å². The van der Waals surface area contributed by atoms with Gasteiger partial charge in [0.25, 0.3) is 5.69 Å². The molecule has 0 aliphatic rings. The second kappa shape index (κ2) is 3.58. The van der Waals surface area contributed by atoms with Gasteiger partial charge in [-0.15, -0.1) is 0 Å². The standard InChI is InChI=1S/C8H8N2O2/c1-9-7-6(11-2)4-5-10-8(7)12-3/h4-5H,2-3H3. The lowest BCUT2D eigenvalue weighted by Gasteiger charge is -2.04. The molecule has 0 atom stereocenters. The van der Waals surface area contributed by atoms with Crippen LogP contribution in [0.25, 0.3) is 4.85 Å². The molecule has 0 bridgehead atoms. The molecule has 4 nitrogen and oxygen atoms in total. The van der Waals surface area contributed by atoms with Crippen LogP contribution in [0, 0.1) is 6.57 Å². The molecule has 1 aromatic heterocycles. The zero-order valence-corrected chi connectivity index (χ0v) is 6.87. The van der Waals surface area contributed by atoms with E-state index < -0.39 is 0 Å². The third-order valence-electron chi connectivity index (χ3n) is 1.38. The number of nitrogens with zero attached hydrogens (tertiary/aromatic N) is 2. The zero-order valence-electron chi connectivity index (χ0n) is 6.87. The van der Waals surface area contributed by atoms with Gasteiger partial charge in [0.15, 0.2) is 0 Å². The number of hydrogen-bond acceptors (Lipinski definition) is 3. The molecule has 0 aliphatic heterocycles. The van der Waals surface area contributed by atoms with Gasteiger partial charge in [0.2, 0.25) is 5.88 Å². The number of hydrogen-bond donors (Lipinski definition) is 0. The monoisotopic (exact) mass is 164 g/mol. The molecule has 0 saturated heterocycles. The van der Waals surface area contributed by atoms with E-state index in [9.17, 15) is 0 Å². The summed E-state index contributed by atoms with van der Waals surface area (Å²) in [5.74, 6) is 0.779. The van der Waals surface area contributed by atoms with Gasteiger partial charge in [-0.25, -0.2) is 9.83 Å². The lowest BCUT2D eigenvalue weighted by Crippen LogP contribution is -1.90. The van der Waals surface area contributed by atoms with Crippen LogP contribution in [0.5, 0.6) is 11.6 Å². The average molecular weight is 164 g/mol. The number of pyridine rings is 1. The SMILES string of the molecule is [C-]#[N+]c1c(OC)ccnc1OC. The zero-order chi connectivity index (χ0) is 8.97. The van der Waals surface area contributed by atoms with E-state index in [2.05, 4.69) is 9.83 Å². The summed E-state index contributed by atoms with van der Waals surface area (Å²) in [5.41, 5.74) is 0.308. The van der Waals surface area contributed by atoms with Crippen molar-refractivity contribution >= 4 is 5.69 Å². The minimum atomic E-state index is 0.296. The van der Waals surface area contributed by atoms with E-state index in [1.165, 1.54) is 20.4 Å². The third kappa shape index (κ3) is 1.30. The predicted octanol–water partition coefficient (Wildman–Crippen LogP) is 1.65. The normalized spacial score (nSPS) is 8.75. The molecule has 0 radical (unpaired) electrons. The largest absolute Gasteiger partial charge is 0.508 e. The van der Waals surface area contributed by atoms with E-state index in [-0.39, 0.29) is 0 Å². The molecule has 0 aromatic carbocycles. The van der Waals surface area contributed by atoms with E-state index in [1.54, 1.807) is 6.07 Å². The van der Waals surface area contributed by atoms with Crippen molar-refractivity contribution in [2.75, 3.05) is 14.2 Å². The summed E-state index contributed by atoms with van der Waals surface area (Å²) in [6, 6.07) is 1.62. The molecule has 0 saturated carbocycles. The Bertz CT molecular complexity index is 295. The van der Waals surface area contributed by atoms with E-state index in [0.29, 0.717) is 17.3 Å². The van der Waals surface area contributed by atoms with Crippen LogP contribution in [0.1, 0.15) is 0 Å².